The highest BCUT2D eigenvalue weighted by Crippen LogP contribution is 2.33. The highest BCUT2D eigenvalue weighted by molar-refractivity contribution is 6.06. The van der Waals surface area contributed by atoms with Crippen molar-refractivity contribution in [3.05, 3.63) is 54.6 Å². The van der Waals surface area contributed by atoms with Gasteiger partial charge in [-0.3, -0.25) is 4.79 Å². The van der Waals surface area contributed by atoms with Crippen molar-refractivity contribution < 1.29 is 14.3 Å². The van der Waals surface area contributed by atoms with E-state index < -0.39 is 0 Å². The number of para-hydroxylation sites is 1. The van der Waals surface area contributed by atoms with Crippen LogP contribution in [0.25, 0.3) is 5.95 Å². The van der Waals surface area contributed by atoms with E-state index in [0.717, 1.165) is 0 Å². The fraction of sp³-hybridized carbons (Fsp3) is 0.125. The Hall–Kier alpha value is -3.42. The Morgan fingerprint density at radius 1 is 1.12 bits per heavy atom. The van der Waals surface area contributed by atoms with E-state index in [0.29, 0.717) is 41.9 Å². The van der Waals surface area contributed by atoms with Crippen molar-refractivity contribution in [3.8, 4) is 17.4 Å². The number of hydrogen-bond acceptors (Lipinski definition) is 6. The summed E-state index contributed by atoms with van der Waals surface area (Å²) in [5.74, 6) is 1.13. The number of carbonyl (C=O) groups is 1. The maximum Gasteiger partial charge on any atom is 0.259 e. The molecule has 24 heavy (non-hydrogen) atoms. The second-order valence-electron chi connectivity index (χ2n) is 5.01. The number of ether oxygens (including phenoxy) is 2. The van der Waals surface area contributed by atoms with E-state index in [1.165, 1.54) is 17.1 Å². The minimum absolute atomic E-state index is 0.312. The molecule has 0 spiro atoms. The van der Waals surface area contributed by atoms with Gasteiger partial charge in [-0.05, 0) is 18.2 Å². The maximum atomic E-state index is 12.5. The third-order valence-electron chi connectivity index (χ3n) is 3.42. The van der Waals surface area contributed by atoms with E-state index in [9.17, 15) is 4.79 Å². The van der Waals surface area contributed by atoms with Crippen molar-refractivity contribution in [3.63, 3.8) is 0 Å². The molecule has 0 bridgehead atoms. The number of anilines is 1. The Morgan fingerprint density at radius 3 is 2.75 bits per heavy atom. The van der Waals surface area contributed by atoms with Crippen LogP contribution in [0.3, 0.4) is 0 Å². The van der Waals surface area contributed by atoms with Crippen molar-refractivity contribution in [2.24, 2.45) is 0 Å². The number of nitrogens with one attached hydrogen (secondary N) is 1. The molecule has 0 fully saturated rings. The van der Waals surface area contributed by atoms with Crippen LogP contribution in [-0.2, 0) is 0 Å². The number of benzene rings is 1. The number of carbonyl (C=O) groups excluding carboxylic acids is 1. The van der Waals surface area contributed by atoms with Crippen molar-refractivity contribution in [2.45, 2.75) is 0 Å². The molecule has 1 amide bonds. The van der Waals surface area contributed by atoms with E-state index >= 15 is 0 Å². The number of nitrogens with zero attached hydrogens (tertiary/aromatic N) is 4. The van der Waals surface area contributed by atoms with Crippen LogP contribution in [0.4, 0.5) is 5.69 Å². The largest absolute Gasteiger partial charge is 0.486 e. The van der Waals surface area contributed by atoms with E-state index in [2.05, 4.69) is 20.4 Å². The summed E-state index contributed by atoms with van der Waals surface area (Å²) in [4.78, 5) is 20.8. The number of amides is 1. The van der Waals surface area contributed by atoms with Crippen LogP contribution in [-0.4, -0.2) is 38.9 Å². The molecule has 1 aliphatic rings. The van der Waals surface area contributed by atoms with Gasteiger partial charge in [-0.15, -0.1) is 0 Å². The molecule has 0 radical (unpaired) electrons. The Morgan fingerprint density at radius 2 is 1.96 bits per heavy atom. The van der Waals surface area contributed by atoms with Gasteiger partial charge in [0.1, 0.15) is 13.2 Å². The Labute approximate surface area is 137 Å². The van der Waals surface area contributed by atoms with Gasteiger partial charge in [0, 0.05) is 12.4 Å². The minimum atomic E-state index is -0.312. The molecule has 0 saturated heterocycles. The fourth-order valence-corrected chi connectivity index (χ4v) is 2.34. The van der Waals surface area contributed by atoms with E-state index in [1.54, 1.807) is 36.7 Å². The van der Waals surface area contributed by atoms with Crippen LogP contribution >= 0.6 is 0 Å². The summed E-state index contributed by atoms with van der Waals surface area (Å²) < 4.78 is 12.6. The van der Waals surface area contributed by atoms with Gasteiger partial charge in [0.05, 0.1) is 23.6 Å². The predicted molar refractivity (Wildman–Crippen MR) is 84.5 cm³/mol. The van der Waals surface area contributed by atoms with Gasteiger partial charge in [0.25, 0.3) is 11.9 Å². The lowest BCUT2D eigenvalue weighted by molar-refractivity contribution is 0.101. The van der Waals surface area contributed by atoms with Gasteiger partial charge in [0.2, 0.25) is 0 Å². The van der Waals surface area contributed by atoms with Gasteiger partial charge >= 0.3 is 0 Å². The smallest absolute Gasteiger partial charge is 0.259 e. The standard InChI is InChI=1S/C16H13N5O3/c22-15(12-3-1-4-13-14(12)24-8-7-23-13)20-11-9-17-16(18-10-11)21-6-2-5-19-21/h1-6,9-10H,7-8H2,(H,20,22). The first-order valence-corrected chi connectivity index (χ1v) is 7.33. The van der Waals surface area contributed by atoms with Gasteiger partial charge < -0.3 is 14.8 Å². The molecule has 0 saturated carbocycles. The Balaban J connectivity index is 1.54. The molecular formula is C16H13N5O3. The lowest BCUT2D eigenvalue weighted by atomic mass is 10.1. The van der Waals surface area contributed by atoms with Crippen LogP contribution in [0.1, 0.15) is 10.4 Å². The maximum absolute atomic E-state index is 12.5. The summed E-state index contributed by atoms with van der Waals surface area (Å²) in [6.07, 6.45) is 6.42. The number of aromatic nitrogens is 4. The lowest BCUT2D eigenvalue weighted by Crippen LogP contribution is -2.20. The lowest BCUT2D eigenvalue weighted by Gasteiger charge is -2.20. The van der Waals surface area contributed by atoms with Gasteiger partial charge in [-0.2, -0.15) is 5.10 Å². The van der Waals surface area contributed by atoms with Crippen LogP contribution in [0.2, 0.25) is 0 Å². The second kappa shape index (κ2) is 5.99. The van der Waals surface area contributed by atoms with Crippen LogP contribution < -0.4 is 14.8 Å². The second-order valence-corrected chi connectivity index (χ2v) is 5.01. The molecule has 1 N–H and O–H groups in total. The number of hydrogen-bond donors (Lipinski definition) is 1. The van der Waals surface area contributed by atoms with Crippen molar-refractivity contribution >= 4 is 11.6 Å². The zero-order chi connectivity index (χ0) is 16.4. The first-order chi connectivity index (χ1) is 11.8. The molecule has 3 heterocycles. The highest BCUT2D eigenvalue weighted by atomic mass is 16.6. The summed E-state index contributed by atoms with van der Waals surface area (Å²) in [6, 6.07) is 6.98. The summed E-state index contributed by atoms with van der Waals surface area (Å²) in [6.45, 7) is 0.889. The molecule has 0 unspecified atom stereocenters. The fourth-order valence-electron chi connectivity index (χ4n) is 2.34. The van der Waals surface area contributed by atoms with Crippen molar-refractivity contribution in [1.82, 2.24) is 19.7 Å². The molecule has 4 rings (SSSR count). The predicted octanol–water partition coefficient (Wildman–Crippen LogP) is 1.69. The third kappa shape index (κ3) is 2.65. The SMILES string of the molecule is O=C(Nc1cnc(-n2cccn2)nc1)c1cccc2c1OCCO2. The minimum Gasteiger partial charge on any atom is -0.486 e. The topological polar surface area (TPSA) is 91.2 Å². The van der Waals surface area contributed by atoms with Crippen LogP contribution in [0, 0.1) is 0 Å². The molecule has 1 aliphatic heterocycles. The summed E-state index contributed by atoms with van der Waals surface area (Å²) in [7, 11) is 0. The third-order valence-corrected chi connectivity index (χ3v) is 3.42. The van der Waals surface area contributed by atoms with Crippen LogP contribution in [0.5, 0.6) is 11.5 Å². The Kier molecular flexibility index (Phi) is 3.54. The van der Waals surface area contributed by atoms with Gasteiger partial charge in [-0.1, -0.05) is 6.07 Å². The normalized spacial score (nSPS) is 12.7. The van der Waals surface area contributed by atoms with E-state index in [-0.39, 0.29) is 5.91 Å². The average molecular weight is 323 g/mol. The molecule has 0 atom stereocenters. The van der Waals surface area contributed by atoms with Gasteiger partial charge in [-0.25, -0.2) is 14.6 Å². The molecule has 1 aromatic carbocycles. The average Bonchev–Trinajstić information content (AvgIpc) is 3.16. The first-order valence-electron chi connectivity index (χ1n) is 7.33. The first kappa shape index (κ1) is 14.2. The summed E-state index contributed by atoms with van der Waals surface area (Å²) in [5.41, 5.74) is 0.883. The van der Waals surface area contributed by atoms with Crippen molar-refractivity contribution in [1.29, 1.82) is 0 Å². The number of fused-ring (bicyclic) bond motifs is 1. The molecule has 120 valence electrons. The molecule has 8 heteroatoms. The zero-order valence-corrected chi connectivity index (χ0v) is 12.5. The quantitative estimate of drug-likeness (QED) is 0.788. The Bertz CT molecular complexity index is 862. The molecule has 8 nitrogen and oxygen atoms in total. The molecule has 3 aromatic rings. The monoisotopic (exact) mass is 323 g/mol. The van der Waals surface area contributed by atoms with E-state index in [1.807, 2.05) is 0 Å². The van der Waals surface area contributed by atoms with E-state index in [4.69, 9.17) is 9.47 Å². The van der Waals surface area contributed by atoms with Crippen molar-refractivity contribution in [2.75, 3.05) is 18.5 Å². The number of rotatable bonds is 3. The zero-order valence-electron chi connectivity index (χ0n) is 12.5. The molecule has 2 aromatic heterocycles. The highest BCUT2D eigenvalue weighted by Gasteiger charge is 2.20. The van der Waals surface area contributed by atoms with Gasteiger partial charge in [0.15, 0.2) is 11.5 Å². The van der Waals surface area contributed by atoms with Crippen LogP contribution in [0.15, 0.2) is 49.1 Å². The molecule has 0 aliphatic carbocycles. The summed E-state index contributed by atoms with van der Waals surface area (Å²) >= 11 is 0. The molecular weight excluding hydrogens is 310 g/mol. The summed E-state index contributed by atoms with van der Waals surface area (Å²) in [5, 5.41) is 6.80.